The number of aryl methyl sites for hydroxylation is 1. The van der Waals surface area contributed by atoms with Gasteiger partial charge in [0.05, 0.1) is 19.1 Å². The van der Waals surface area contributed by atoms with Crippen molar-refractivity contribution in [2.75, 3.05) is 20.8 Å². The number of methoxy groups -OCH3 is 2. The molecule has 0 spiro atoms. The van der Waals surface area contributed by atoms with Crippen molar-refractivity contribution in [2.24, 2.45) is 0 Å². The minimum absolute atomic E-state index is 0.101. The number of nitro benzene ring substituents is 1. The Morgan fingerprint density at radius 1 is 1.14 bits per heavy atom. The Bertz CT molecular complexity index is 934. The normalized spacial score (nSPS) is 10.5. The number of carbonyl (C=O) groups is 2. The van der Waals surface area contributed by atoms with Crippen LogP contribution in [0.1, 0.15) is 21.5 Å². The van der Waals surface area contributed by atoms with Gasteiger partial charge in [-0.1, -0.05) is 24.3 Å². The maximum atomic E-state index is 12.1. The first-order chi connectivity index (χ1) is 13.4. The number of ether oxygens (including phenoxy) is 3. The fourth-order valence-electron chi connectivity index (χ4n) is 2.45. The molecule has 0 N–H and O–H groups in total. The van der Waals surface area contributed by atoms with E-state index in [0.717, 1.165) is 6.08 Å². The Hall–Kier alpha value is -3.68. The number of rotatable bonds is 8. The van der Waals surface area contributed by atoms with Gasteiger partial charge in [0, 0.05) is 28.8 Å². The molecule has 0 fully saturated rings. The van der Waals surface area contributed by atoms with Gasteiger partial charge in [0.2, 0.25) is 5.78 Å². The number of hydrogen-bond donors (Lipinski definition) is 0. The molecule has 2 rings (SSSR count). The minimum Gasteiger partial charge on any atom is -0.493 e. The summed E-state index contributed by atoms with van der Waals surface area (Å²) in [6, 6.07) is 9.27. The van der Waals surface area contributed by atoms with E-state index in [2.05, 4.69) is 0 Å². The molecule has 0 atom stereocenters. The summed E-state index contributed by atoms with van der Waals surface area (Å²) in [5.74, 6) is -0.310. The van der Waals surface area contributed by atoms with E-state index >= 15 is 0 Å². The molecular formula is C20H19NO7. The predicted molar refractivity (Wildman–Crippen MR) is 102 cm³/mol. The second-order valence-electron chi connectivity index (χ2n) is 5.71. The first-order valence-electron chi connectivity index (χ1n) is 8.21. The van der Waals surface area contributed by atoms with E-state index in [1.54, 1.807) is 25.1 Å². The highest BCUT2D eigenvalue weighted by Gasteiger charge is 2.16. The number of para-hydroxylation sites is 1. The van der Waals surface area contributed by atoms with Crippen molar-refractivity contribution < 1.29 is 28.7 Å². The second-order valence-corrected chi connectivity index (χ2v) is 5.71. The highest BCUT2D eigenvalue weighted by Crippen LogP contribution is 2.31. The molecule has 0 aliphatic heterocycles. The Kier molecular flexibility index (Phi) is 6.86. The number of carbonyl (C=O) groups excluding carboxylic acids is 2. The second kappa shape index (κ2) is 9.31. The van der Waals surface area contributed by atoms with E-state index in [4.69, 9.17) is 14.2 Å². The van der Waals surface area contributed by atoms with Gasteiger partial charge in [-0.05, 0) is 19.1 Å². The van der Waals surface area contributed by atoms with Crippen LogP contribution in [-0.4, -0.2) is 37.5 Å². The van der Waals surface area contributed by atoms with Gasteiger partial charge in [0.1, 0.15) is 0 Å². The first kappa shape index (κ1) is 20.6. The number of nitrogens with zero attached hydrogens (tertiary/aromatic N) is 1. The maximum absolute atomic E-state index is 12.1. The first-order valence-corrected chi connectivity index (χ1v) is 8.21. The quantitative estimate of drug-likeness (QED) is 0.225. The Morgan fingerprint density at radius 2 is 1.89 bits per heavy atom. The third-order valence-corrected chi connectivity index (χ3v) is 3.91. The molecule has 0 amide bonds. The molecule has 2 aromatic carbocycles. The van der Waals surface area contributed by atoms with Crippen molar-refractivity contribution >= 4 is 23.5 Å². The lowest BCUT2D eigenvalue weighted by molar-refractivity contribution is -0.385. The summed E-state index contributed by atoms with van der Waals surface area (Å²) in [5.41, 5.74) is 0.971. The van der Waals surface area contributed by atoms with Gasteiger partial charge in [0.25, 0.3) is 5.69 Å². The van der Waals surface area contributed by atoms with Crippen molar-refractivity contribution in [3.63, 3.8) is 0 Å². The van der Waals surface area contributed by atoms with E-state index in [1.807, 2.05) is 0 Å². The van der Waals surface area contributed by atoms with Crippen molar-refractivity contribution in [1.29, 1.82) is 0 Å². The topological polar surface area (TPSA) is 105 Å². The molecular weight excluding hydrogens is 366 g/mol. The molecule has 0 unspecified atom stereocenters. The zero-order valence-electron chi connectivity index (χ0n) is 15.6. The molecule has 0 aliphatic carbocycles. The van der Waals surface area contributed by atoms with Crippen LogP contribution in [0.3, 0.4) is 0 Å². The smallest absolute Gasteiger partial charge is 0.331 e. The molecule has 0 aliphatic rings. The number of benzene rings is 2. The fourth-order valence-corrected chi connectivity index (χ4v) is 2.45. The maximum Gasteiger partial charge on any atom is 0.331 e. The summed E-state index contributed by atoms with van der Waals surface area (Å²) in [5, 5.41) is 11.0. The molecule has 0 radical (unpaired) electrons. The molecule has 0 saturated carbocycles. The van der Waals surface area contributed by atoms with E-state index in [1.165, 1.54) is 38.5 Å². The van der Waals surface area contributed by atoms with Gasteiger partial charge in [-0.25, -0.2) is 4.79 Å². The number of Topliss-reactive ketones (excluding diaryl/α,β-unsaturated/α-hetero) is 1. The molecule has 8 nitrogen and oxygen atoms in total. The van der Waals surface area contributed by atoms with Gasteiger partial charge >= 0.3 is 5.97 Å². The van der Waals surface area contributed by atoms with Crippen LogP contribution in [0.2, 0.25) is 0 Å². The van der Waals surface area contributed by atoms with Gasteiger partial charge in [-0.2, -0.15) is 0 Å². The molecule has 2 aromatic rings. The van der Waals surface area contributed by atoms with Crippen LogP contribution < -0.4 is 9.47 Å². The summed E-state index contributed by atoms with van der Waals surface area (Å²) >= 11 is 0. The molecule has 0 bridgehead atoms. The zero-order valence-corrected chi connectivity index (χ0v) is 15.6. The summed E-state index contributed by atoms with van der Waals surface area (Å²) in [7, 11) is 2.98. The van der Waals surface area contributed by atoms with Gasteiger partial charge in [-0.3, -0.25) is 14.9 Å². The average Bonchev–Trinajstić information content (AvgIpc) is 2.69. The van der Waals surface area contributed by atoms with Crippen LogP contribution in [0.4, 0.5) is 5.69 Å². The number of esters is 1. The summed E-state index contributed by atoms with van der Waals surface area (Å²) in [4.78, 5) is 34.4. The molecule has 28 heavy (non-hydrogen) atoms. The highest BCUT2D eigenvalue weighted by molar-refractivity contribution is 5.99. The lowest BCUT2D eigenvalue weighted by Gasteiger charge is -2.09. The van der Waals surface area contributed by atoms with Crippen molar-refractivity contribution in [2.45, 2.75) is 6.92 Å². The standard InChI is InChI=1S/C20H19NO7/c1-13-7-8-15(11-16(13)21(24)25)17(22)12-28-19(23)10-9-14-5-4-6-18(26-2)20(14)27-3/h4-11H,12H2,1-3H3/b10-9+. The van der Waals surface area contributed by atoms with Crippen molar-refractivity contribution in [1.82, 2.24) is 0 Å². The Morgan fingerprint density at radius 3 is 2.54 bits per heavy atom. The van der Waals surface area contributed by atoms with Crippen LogP contribution >= 0.6 is 0 Å². The fraction of sp³-hybridized carbons (Fsp3) is 0.200. The molecule has 0 aromatic heterocycles. The number of ketones is 1. The van der Waals surface area contributed by atoms with E-state index in [9.17, 15) is 19.7 Å². The molecule has 8 heteroatoms. The van der Waals surface area contributed by atoms with Crippen LogP contribution in [0.5, 0.6) is 11.5 Å². The van der Waals surface area contributed by atoms with Crippen LogP contribution in [0.15, 0.2) is 42.5 Å². The monoisotopic (exact) mass is 385 g/mol. The predicted octanol–water partition coefficient (Wildman–Crippen LogP) is 3.36. The molecule has 146 valence electrons. The van der Waals surface area contributed by atoms with E-state index in [0.29, 0.717) is 22.6 Å². The number of nitro groups is 1. The van der Waals surface area contributed by atoms with E-state index in [-0.39, 0.29) is 11.3 Å². The van der Waals surface area contributed by atoms with Crippen LogP contribution in [0, 0.1) is 17.0 Å². The van der Waals surface area contributed by atoms with Gasteiger partial charge < -0.3 is 14.2 Å². The lowest BCUT2D eigenvalue weighted by Crippen LogP contribution is -2.13. The Labute approximate surface area is 161 Å². The number of hydrogen-bond acceptors (Lipinski definition) is 7. The Balaban J connectivity index is 2.03. The molecule has 0 saturated heterocycles. The zero-order chi connectivity index (χ0) is 20.7. The summed E-state index contributed by atoms with van der Waals surface area (Å²) in [6.07, 6.45) is 2.63. The third-order valence-electron chi connectivity index (χ3n) is 3.91. The highest BCUT2D eigenvalue weighted by atomic mass is 16.6. The third kappa shape index (κ3) is 4.94. The van der Waals surface area contributed by atoms with Gasteiger partial charge in [0.15, 0.2) is 18.1 Å². The minimum atomic E-state index is -0.736. The summed E-state index contributed by atoms with van der Waals surface area (Å²) < 4.78 is 15.4. The molecule has 0 heterocycles. The van der Waals surface area contributed by atoms with Crippen LogP contribution in [-0.2, 0) is 9.53 Å². The lowest BCUT2D eigenvalue weighted by atomic mass is 10.1. The largest absolute Gasteiger partial charge is 0.493 e. The van der Waals surface area contributed by atoms with Crippen molar-refractivity contribution in [3.8, 4) is 11.5 Å². The summed E-state index contributed by atoms with van der Waals surface area (Å²) in [6.45, 7) is 1.04. The van der Waals surface area contributed by atoms with Crippen LogP contribution in [0.25, 0.3) is 6.08 Å². The van der Waals surface area contributed by atoms with Gasteiger partial charge in [-0.15, -0.1) is 0 Å². The average molecular weight is 385 g/mol. The van der Waals surface area contributed by atoms with Crippen molar-refractivity contribution in [3.05, 3.63) is 69.3 Å². The van der Waals surface area contributed by atoms with E-state index < -0.39 is 23.3 Å². The SMILES string of the molecule is COc1cccc(/C=C/C(=O)OCC(=O)c2ccc(C)c([N+](=O)[O-])c2)c1OC.